The van der Waals surface area contributed by atoms with Gasteiger partial charge in [0.1, 0.15) is 0 Å². The van der Waals surface area contributed by atoms with Gasteiger partial charge in [0, 0.05) is 0 Å². The molecule has 0 saturated heterocycles. The molecule has 0 radical (unpaired) electrons. The Bertz CT molecular complexity index is 323. The van der Waals surface area contributed by atoms with Gasteiger partial charge in [-0.2, -0.15) is 0 Å². The van der Waals surface area contributed by atoms with E-state index in [1.165, 1.54) is 0 Å². The highest BCUT2D eigenvalue weighted by atomic mass is 16.6. The molecule has 0 saturated carbocycles. The summed E-state index contributed by atoms with van der Waals surface area (Å²) in [6.45, 7) is 11.0. The first-order valence-corrected chi connectivity index (χ1v) is 7.66. The number of carbonyl (C=O) groups excluding carboxylic acids is 2. The quantitative estimate of drug-likeness (QED) is 0.523. The molecule has 1 N–H and O–H groups in total. The molecule has 0 bridgehead atoms. The van der Waals surface area contributed by atoms with Crippen LogP contribution in [-0.4, -0.2) is 35.9 Å². The zero-order valence-electron chi connectivity index (χ0n) is 14.2. The Morgan fingerprint density at radius 3 is 1.71 bits per heavy atom. The molecular formula is C16H30O5. The topological polar surface area (TPSA) is 72.8 Å². The molecule has 0 unspecified atom stereocenters. The molecule has 0 atom stereocenters. The van der Waals surface area contributed by atoms with Gasteiger partial charge in [-0.25, -0.2) is 0 Å². The molecule has 5 heteroatoms. The third kappa shape index (κ3) is 6.46. The Hall–Kier alpha value is -1.10. The minimum Gasteiger partial charge on any atom is -0.465 e. The molecule has 124 valence electrons. The SMILES string of the molecule is CCOC(=O)C(CCC(C)(C)O)(CC(C)C)C(=O)OCC. The van der Waals surface area contributed by atoms with E-state index in [1.54, 1.807) is 27.7 Å². The van der Waals surface area contributed by atoms with Gasteiger partial charge in [0.2, 0.25) is 0 Å². The molecule has 0 rings (SSSR count). The van der Waals surface area contributed by atoms with E-state index < -0.39 is 23.0 Å². The van der Waals surface area contributed by atoms with Gasteiger partial charge in [-0.3, -0.25) is 9.59 Å². The minimum absolute atomic E-state index is 0.126. The van der Waals surface area contributed by atoms with Gasteiger partial charge >= 0.3 is 11.9 Å². The predicted octanol–water partition coefficient (Wildman–Crippen LogP) is 2.70. The summed E-state index contributed by atoms with van der Waals surface area (Å²) in [5.74, 6) is -0.983. The lowest BCUT2D eigenvalue weighted by molar-refractivity contribution is -0.175. The molecular weight excluding hydrogens is 272 g/mol. The Morgan fingerprint density at radius 2 is 1.43 bits per heavy atom. The molecule has 0 spiro atoms. The van der Waals surface area contributed by atoms with Crippen LogP contribution in [-0.2, 0) is 19.1 Å². The maximum Gasteiger partial charge on any atom is 0.323 e. The van der Waals surface area contributed by atoms with E-state index in [9.17, 15) is 14.7 Å². The maximum atomic E-state index is 12.4. The van der Waals surface area contributed by atoms with Gasteiger partial charge in [-0.15, -0.1) is 0 Å². The lowest BCUT2D eigenvalue weighted by Crippen LogP contribution is -2.44. The maximum absolute atomic E-state index is 12.4. The van der Waals surface area contributed by atoms with Gasteiger partial charge in [-0.05, 0) is 52.9 Å². The van der Waals surface area contributed by atoms with Crippen LogP contribution in [0.4, 0.5) is 0 Å². The molecule has 0 aliphatic heterocycles. The van der Waals surface area contributed by atoms with Crippen molar-refractivity contribution in [1.82, 2.24) is 0 Å². The molecule has 0 aliphatic rings. The first-order chi connectivity index (χ1) is 9.59. The van der Waals surface area contributed by atoms with E-state index in [-0.39, 0.29) is 25.6 Å². The molecule has 0 fully saturated rings. The average molecular weight is 302 g/mol. The second kappa shape index (κ2) is 8.37. The Morgan fingerprint density at radius 1 is 1.00 bits per heavy atom. The molecule has 5 nitrogen and oxygen atoms in total. The van der Waals surface area contributed by atoms with E-state index >= 15 is 0 Å². The zero-order chi connectivity index (χ0) is 16.7. The second-order valence-corrected chi connectivity index (χ2v) is 6.43. The molecule has 0 aromatic carbocycles. The third-order valence-corrected chi connectivity index (χ3v) is 3.25. The number of rotatable bonds is 9. The number of hydrogen-bond acceptors (Lipinski definition) is 5. The van der Waals surface area contributed by atoms with Gasteiger partial charge < -0.3 is 14.6 Å². The largest absolute Gasteiger partial charge is 0.465 e. The van der Waals surface area contributed by atoms with Crippen LogP contribution in [0.5, 0.6) is 0 Å². The molecule has 21 heavy (non-hydrogen) atoms. The number of hydrogen-bond donors (Lipinski definition) is 1. The highest BCUT2D eigenvalue weighted by Crippen LogP contribution is 2.37. The van der Waals surface area contributed by atoms with Crippen LogP contribution in [0.25, 0.3) is 0 Å². The molecule has 0 aromatic heterocycles. The summed E-state index contributed by atoms with van der Waals surface area (Å²) in [6.07, 6.45) is 0.879. The van der Waals surface area contributed by atoms with Crippen LogP contribution >= 0.6 is 0 Å². The van der Waals surface area contributed by atoms with Crippen LogP contribution in [0.15, 0.2) is 0 Å². The lowest BCUT2D eigenvalue weighted by Gasteiger charge is -2.32. The van der Waals surface area contributed by atoms with E-state index in [0.717, 1.165) is 0 Å². The van der Waals surface area contributed by atoms with Crippen molar-refractivity contribution in [2.24, 2.45) is 11.3 Å². The van der Waals surface area contributed by atoms with Crippen molar-refractivity contribution in [3.05, 3.63) is 0 Å². The lowest BCUT2D eigenvalue weighted by atomic mass is 9.74. The third-order valence-electron chi connectivity index (χ3n) is 3.25. The summed E-state index contributed by atoms with van der Waals surface area (Å²) in [4.78, 5) is 24.9. The summed E-state index contributed by atoms with van der Waals surface area (Å²) in [5, 5.41) is 9.93. The van der Waals surface area contributed by atoms with Gasteiger partial charge in [0.05, 0.1) is 18.8 Å². The Balaban J connectivity index is 5.48. The molecule has 0 aromatic rings. The van der Waals surface area contributed by atoms with Crippen molar-refractivity contribution < 1.29 is 24.2 Å². The monoisotopic (exact) mass is 302 g/mol. The highest BCUT2D eigenvalue weighted by Gasteiger charge is 2.49. The average Bonchev–Trinajstić information content (AvgIpc) is 2.33. The minimum atomic E-state index is -1.33. The van der Waals surface area contributed by atoms with Crippen LogP contribution in [0.3, 0.4) is 0 Å². The van der Waals surface area contributed by atoms with Crippen molar-refractivity contribution in [3.63, 3.8) is 0 Å². The molecule has 0 heterocycles. The number of ether oxygens (including phenoxy) is 2. The smallest absolute Gasteiger partial charge is 0.323 e. The first kappa shape index (κ1) is 19.9. The first-order valence-electron chi connectivity index (χ1n) is 7.66. The fraction of sp³-hybridized carbons (Fsp3) is 0.875. The van der Waals surface area contributed by atoms with Gasteiger partial charge in [0.15, 0.2) is 5.41 Å². The summed E-state index contributed by atoms with van der Waals surface area (Å²) >= 11 is 0. The van der Waals surface area contributed by atoms with Crippen molar-refractivity contribution in [3.8, 4) is 0 Å². The number of aliphatic hydroxyl groups is 1. The zero-order valence-corrected chi connectivity index (χ0v) is 14.2. The standard InChI is InChI=1S/C16H30O5/c1-7-20-13(17)16(11-12(3)4,14(18)21-8-2)10-9-15(5,6)19/h12,19H,7-11H2,1-6H3. The Kier molecular flexibility index (Phi) is 7.93. The van der Waals surface area contributed by atoms with Crippen molar-refractivity contribution in [2.45, 2.75) is 66.4 Å². The van der Waals surface area contributed by atoms with Crippen LogP contribution < -0.4 is 0 Å². The summed E-state index contributed by atoms with van der Waals surface area (Å²) in [6, 6.07) is 0. The van der Waals surface area contributed by atoms with Crippen molar-refractivity contribution in [2.75, 3.05) is 13.2 Å². The van der Waals surface area contributed by atoms with E-state index in [2.05, 4.69) is 0 Å². The van der Waals surface area contributed by atoms with Crippen molar-refractivity contribution in [1.29, 1.82) is 0 Å². The summed E-state index contributed by atoms with van der Waals surface area (Å²) in [5.41, 5.74) is -2.29. The van der Waals surface area contributed by atoms with E-state index in [1.807, 2.05) is 13.8 Å². The second-order valence-electron chi connectivity index (χ2n) is 6.43. The van der Waals surface area contributed by atoms with E-state index in [0.29, 0.717) is 12.8 Å². The van der Waals surface area contributed by atoms with Crippen molar-refractivity contribution >= 4 is 11.9 Å². The fourth-order valence-corrected chi connectivity index (χ4v) is 2.31. The van der Waals surface area contributed by atoms with Gasteiger partial charge in [0.25, 0.3) is 0 Å². The summed E-state index contributed by atoms with van der Waals surface area (Å²) < 4.78 is 10.2. The predicted molar refractivity (Wildman–Crippen MR) is 80.7 cm³/mol. The number of esters is 2. The Labute approximate surface area is 128 Å². The summed E-state index contributed by atoms with van der Waals surface area (Å²) in [7, 11) is 0. The van der Waals surface area contributed by atoms with Crippen LogP contribution in [0, 0.1) is 11.3 Å². The number of carbonyl (C=O) groups is 2. The normalized spacial score (nSPS) is 12.4. The molecule has 0 amide bonds. The van der Waals surface area contributed by atoms with Crippen LogP contribution in [0.2, 0.25) is 0 Å². The van der Waals surface area contributed by atoms with Crippen LogP contribution in [0.1, 0.15) is 60.8 Å². The highest BCUT2D eigenvalue weighted by molar-refractivity contribution is 6.00. The van der Waals surface area contributed by atoms with E-state index in [4.69, 9.17) is 9.47 Å². The fourth-order valence-electron chi connectivity index (χ4n) is 2.31. The molecule has 0 aliphatic carbocycles. The van der Waals surface area contributed by atoms with Gasteiger partial charge in [-0.1, -0.05) is 13.8 Å².